The summed E-state index contributed by atoms with van der Waals surface area (Å²) in [4.78, 5) is 15.4. The summed E-state index contributed by atoms with van der Waals surface area (Å²) < 4.78 is 4.95. The van der Waals surface area contributed by atoms with E-state index >= 15 is 0 Å². The summed E-state index contributed by atoms with van der Waals surface area (Å²) in [6, 6.07) is 4.80. The number of nitro benzene ring substituents is 1. The molecule has 0 spiro atoms. The topological polar surface area (TPSA) is 91.3 Å². The molecule has 2 aromatic rings. The van der Waals surface area contributed by atoms with Gasteiger partial charge >= 0.3 is 5.69 Å². The van der Waals surface area contributed by atoms with E-state index in [1.54, 1.807) is 12.1 Å². The Labute approximate surface area is 107 Å². The zero-order valence-electron chi connectivity index (χ0n) is 9.84. The van der Waals surface area contributed by atoms with Gasteiger partial charge in [0.15, 0.2) is 10.9 Å². The van der Waals surface area contributed by atoms with Gasteiger partial charge in [-0.05, 0) is 19.1 Å². The number of nitro groups is 1. The minimum Gasteiger partial charge on any atom is -0.490 e. The maximum Gasteiger partial charge on any atom is 0.311 e. The Morgan fingerprint density at radius 3 is 2.72 bits per heavy atom. The molecule has 0 saturated carbocycles. The second-order valence-corrected chi connectivity index (χ2v) is 4.64. The number of aromatic nitrogens is 1. The van der Waals surface area contributed by atoms with Gasteiger partial charge in [0.2, 0.25) is 0 Å². The Morgan fingerprint density at radius 2 is 2.22 bits per heavy atom. The Hall–Kier alpha value is -2.15. The highest BCUT2D eigenvalue weighted by atomic mass is 32.1. The summed E-state index contributed by atoms with van der Waals surface area (Å²) in [7, 11) is 1.40. The number of benzene rings is 1. The van der Waals surface area contributed by atoms with Crippen molar-refractivity contribution in [2.24, 2.45) is 0 Å². The van der Waals surface area contributed by atoms with Gasteiger partial charge < -0.3 is 10.5 Å². The van der Waals surface area contributed by atoms with Crippen molar-refractivity contribution in [1.29, 1.82) is 0 Å². The average molecular weight is 265 g/mol. The highest BCUT2D eigenvalue weighted by molar-refractivity contribution is 7.18. The molecule has 18 heavy (non-hydrogen) atoms. The van der Waals surface area contributed by atoms with E-state index in [4.69, 9.17) is 10.5 Å². The first-order valence-electron chi connectivity index (χ1n) is 5.08. The van der Waals surface area contributed by atoms with Crippen molar-refractivity contribution < 1.29 is 9.66 Å². The standard InChI is InChI=1S/C11H11N3O3S/c1-6-10(18-11(12)13-6)7-3-4-9(17-2)8(5-7)14(15)16/h3-5H,1-2H3,(H2,12,13). The first-order chi connectivity index (χ1) is 8.52. The number of hydrogen-bond acceptors (Lipinski definition) is 6. The third kappa shape index (κ3) is 2.12. The van der Waals surface area contributed by atoms with Gasteiger partial charge in [-0.3, -0.25) is 10.1 Å². The van der Waals surface area contributed by atoms with Gasteiger partial charge in [0.25, 0.3) is 0 Å². The van der Waals surface area contributed by atoms with Crippen molar-refractivity contribution in [1.82, 2.24) is 4.98 Å². The number of hydrogen-bond donors (Lipinski definition) is 1. The first kappa shape index (κ1) is 12.3. The molecule has 2 N–H and O–H groups in total. The third-order valence-corrected chi connectivity index (χ3v) is 3.49. The Morgan fingerprint density at radius 1 is 1.50 bits per heavy atom. The van der Waals surface area contributed by atoms with Crippen LogP contribution in [0.4, 0.5) is 10.8 Å². The molecule has 2 rings (SSSR count). The molecule has 0 saturated heterocycles. The van der Waals surface area contributed by atoms with Crippen molar-refractivity contribution in [3.8, 4) is 16.2 Å². The van der Waals surface area contributed by atoms with Crippen LogP contribution in [0.25, 0.3) is 10.4 Å². The molecule has 0 bridgehead atoms. The van der Waals surface area contributed by atoms with Crippen LogP contribution < -0.4 is 10.5 Å². The number of nitrogen functional groups attached to an aromatic ring is 1. The van der Waals surface area contributed by atoms with E-state index in [1.165, 1.54) is 24.5 Å². The van der Waals surface area contributed by atoms with Gasteiger partial charge in [0.1, 0.15) is 0 Å². The highest BCUT2D eigenvalue weighted by Crippen LogP contribution is 2.36. The van der Waals surface area contributed by atoms with Crippen LogP contribution in [0.15, 0.2) is 18.2 Å². The monoisotopic (exact) mass is 265 g/mol. The Bertz CT molecular complexity index is 610. The van der Waals surface area contributed by atoms with Crippen LogP contribution in [-0.4, -0.2) is 17.0 Å². The van der Waals surface area contributed by atoms with Gasteiger partial charge in [0, 0.05) is 11.6 Å². The summed E-state index contributed by atoms with van der Waals surface area (Å²) in [5.41, 5.74) is 7.03. The number of aryl methyl sites for hydroxylation is 1. The van der Waals surface area contributed by atoms with E-state index in [-0.39, 0.29) is 11.4 Å². The number of anilines is 1. The van der Waals surface area contributed by atoms with Crippen molar-refractivity contribution in [3.63, 3.8) is 0 Å². The SMILES string of the molecule is COc1ccc(-c2sc(N)nc2C)cc1[N+](=O)[O-]. The summed E-state index contributed by atoms with van der Waals surface area (Å²) >= 11 is 1.30. The predicted molar refractivity (Wildman–Crippen MR) is 69.9 cm³/mol. The van der Waals surface area contributed by atoms with Gasteiger partial charge in [-0.25, -0.2) is 4.98 Å². The maximum absolute atomic E-state index is 10.9. The zero-order chi connectivity index (χ0) is 13.3. The second-order valence-electron chi connectivity index (χ2n) is 3.61. The zero-order valence-corrected chi connectivity index (χ0v) is 10.7. The van der Waals surface area contributed by atoms with Crippen molar-refractivity contribution >= 4 is 22.2 Å². The quantitative estimate of drug-likeness (QED) is 0.680. The summed E-state index contributed by atoms with van der Waals surface area (Å²) in [6.07, 6.45) is 0. The van der Waals surface area contributed by atoms with Crippen LogP contribution >= 0.6 is 11.3 Å². The molecule has 1 heterocycles. The molecule has 0 fully saturated rings. The molecule has 7 heteroatoms. The number of methoxy groups -OCH3 is 1. The fourth-order valence-electron chi connectivity index (χ4n) is 1.66. The molecule has 0 aliphatic carbocycles. The van der Waals surface area contributed by atoms with Crippen molar-refractivity contribution in [2.45, 2.75) is 6.92 Å². The molecule has 94 valence electrons. The molecule has 0 radical (unpaired) electrons. The minimum atomic E-state index is -0.470. The van der Waals surface area contributed by atoms with Crippen LogP contribution in [0.3, 0.4) is 0 Å². The fraction of sp³-hybridized carbons (Fsp3) is 0.182. The molecule has 0 unspecified atom stereocenters. The lowest BCUT2D eigenvalue weighted by atomic mass is 10.1. The second kappa shape index (κ2) is 4.61. The molecule has 0 aliphatic heterocycles. The Balaban J connectivity index is 2.56. The molecular weight excluding hydrogens is 254 g/mol. The van der Waals surface area contributed by atoms with Gasteiger partial charge in [0.05, 0.1) is 22.6 Å². The molecule has 0 amide bonds. The lowest BCUT2D eigenvalue weighted by Gasteiger charge is -2.03. The number of nitrogens with two attached hydrogens (primary N) is 1. The molecule has 1 aromatic heterocycles. The van der Waals surface area contributed by atoms with E-state index in [1.807, 2.05) is 6.92 Å². The first-order valence-corrected chi connectivity index (χ1v) is 5.90. The Kier molecular flexibility index (Phi) is 3.15. The highest BCUT2D eigenvalue weighted by Gasteiger charge is 2.17. The molecule has 6 nitrogen and oxygen atoms in total. The number of ether oxygens (including phenoxy) is 1. The maximum atomic E-state index is 10.9. The molecule has 1 aromatic carbocycles. The van der Waals surface area contributed by atoms with E-state index in [9.17, 15) is 10.1 Å². The molecule has 0 atom stereocenters. The minimum absolute atomic E-state index is 0.0682. The van der Waals surface area contributed by atoms with Gasteiger partial charge in [-0.1, -0.05) is 11.3 Å². The van der Waals surface area contributed by atoms with Gasteiger partial charge in [-0.15, -0.1) is 0 Å². The lowest BCUT2D eigenvalue weighted by Crippen LogP contribution is -1.94. The third-order valence-electron chi connectivity index (χ3n) is 2.45. The summed E-state index contributed by atoms with van der Waals surface area (Å²) in [5, 5.41) is 11.4. The molecular formula is C11H11N3O3S. The summed E-state index contributed by atoms with van der Waals surface area (Å²) in [6.45, 7) is 1.82. The van der Waals surface area contributed by atoms with E-state index in [0.717, 1.165) is 10.6 Å². The van der Waals surface area contributed by atoms with E-state index in [2.05, 4.69) is 4.98 Å². The van der Waals surface area contributed by atoms with E-state index < -0.39 is 4.92 Å². The number of rotatable bonds is 3. The number of thiazole rings is 1. The van der Waals surface area contributed by atoms with Gasteiger partial charge in [-0.2, -0.15) is 0 Å². The van der Waals surface area contributed by atoms with Crippen LogP contribution in [-0.2, 0) is 0 Å². The smallest absolute Gasteiger partial charge is 0.311 e. The average Bonchev–Trinajstić information content (AvgIpc) is 2.67. The number of nitrogens with zero attached hydrogens (tertiary/aromatic N) is 2. The van der Waals surface area contributed by atoms with Crippen LogP contribution in [0.2, 0.25) is 0 Å². The predicted octanol–water partition coefficient (Wildman–Crippen LogP) is 2.62. The largest absolute Gasteiger partial charge is 0.490 e. The van der Waals surface area contributed by atoms with Crippen molar-refractivity contribution in [3.05, 3.63) is 34.0 Å². The molecule has 0 aliphatic rings. The van der Waals surface area contributed by atoms with E-state index in [0.29, 0.717) is 10.7 Å². The normalized spacial score (nSPS) is 10.3. The summed E-state index contributed by atoms with van der Waals surface area (Å²) in [5.74, 6) is 0.235. The van der Waals surface area contributed by atoms with Crippen molar-refractivity contribution in [2.75, 3.05) is 12.8 Å². The lowest BCUT2D eigenvalue weighted by molar-refractivity contribution is -0.385. The van der Waals surface area contributed by atoms with Crippen LogP contribution in [0, 0.1) is 17.0 Å². The van der Waals surface area contributed by atoms with Crippen LogP contribution in [0.1, 0.15) is 5.69 Å². The fourth-order valence-corrected chi connectivity index (χ4v) is 2.49. The van der Waals surface area contributed by atoms with Crippen LogP contribution in [0.5, 0.6) is 5.75 Å².